The molecule has 1 aromatic heterocycles. The highest BCUT2D eigenvalue weighted by atomic mass is 35.5. The molecule has 0 radical (unpaired) electrons. The predicted octanol–water partition coefficient (Wildman–Crippen LogP) is 4.07. The van der Waals surface area contributed by atoms with E-state index in [1.165, 1.54) is 6.20 Å². The first-order valence-electron chi connectivity index (χ1n) is 11.3. The van der Waals surface area contributed by atoms with Crippen molar-refractivity contribution in [1.82, 2.24) is 10.3 Å². The second kappa shape index (κ2) is 12.2. The van der Waals surface area contributed by atoms with Gasteiger partial charge in [0, 0.05) is 36.8 Å². The van der Waals surface area contributed by atoms with Crippen molar-refractivity contribution in [3.8, 4) is 0 Å². The third-order valence-electron chi connectivity index (χ3n) is 5.89. The maximum Gasteiger partial charge on any atom is 0.252 e. The van der Waals surface area contributed by atoms with Crippen molar-refractivity contribution in [2.75, 3.05) is 23.7 Å². The Balaban J connectivity index is 0.00000324. The Labute approximate surface area is 206 Å². The number of hydrogen-bond acceptors (Lipinski definition) is 6. The molecule has 0 atom stereocenters. The van der Waals surface area contributed by atoms with Crippen molar-refractivity contribution in [2.24, 2.45) is 11.7 Å². The minimum Gasteiger partial charge on any atom is -0.380 e. The van der Waals surface area contributed by atoms with Crippen LogP contribution in [0.25, 0.3) is 0 Å². The first-order valence-corrected chi connectivity index (χ1v) is 11.3. The molecule has 2 heterocycles. The summed E-state index contributed by atoms with van der Waals surface area (Å²) in [5.41, 5.74) is 9.43. The molecule has 4 rings (SSSR count). The fourth-order valence-electron chi connectivity index (χ4n) is 4.00. The van der Waals surface area contributed by atoms with Crippen LogP contribution in [-0.2, 0) is 17.8 Å². The van der Waals surface area contributed by atoms with Gasteiger partial charge in [-0.15, -0.1) is 12.4 Å². The zero-order valence-corrected chi connectivity index (χ0v) is 19.7. The van der Waals surface area contributed by atoms with Crippen molar-refractivity contribution in [3.05, 3.63) is 83.6 Å². The molecule has 1 aliphatic heterocycles. The molecular weight excluding hydrogens is 450 g/mol. The minimum absolute atomic E-state index is 0. The van der Waals surface area contributed by atoms with E-state index >= 15 is 0 Å². The van der Waals surface area contributed by atoms with E-state index in [1.807, 2.05) is 54.6 Å². The van der Waals surface area contributed by atoms with Crippen molar-refractivity contribution < 1.29 is 9.59 Å². The zero-order valence-electron chi connectivity index (χ0n) is 18.9. The van der Waals surface area contributed by atoms with Crippen LogP contribution in [0.4, 0.5) is 17.2 Å². The molecular formula is C26H30ClN5O2. The molecule has 0 unspecified atom stereocenters. The van der Waals surface area contributed by atoms with E-state index in [9.17, 15) is 9.59 Å². The van der Waals surface area contributed by atoms with Crippen LogP contribution in [0, 0.1) is 5.92 Å². The molecule has 8 heteroatoms. The van der Waals surface area contributed by atoms with Gasteiger partial charge in [-0.05, 0) is 49.2 Å². The van der Waals surface area contributed by atoms with Crippen molar-refractivity contribution in [2.45, 2.75) is 25.8 Å². The first kappa shape index (κ1) is 25.2. The lowest BCUT2D eigenvalue weighted by molar-refractivity contribution is -0.122. The van der Waals surface area contributed by atoms with Gasteiger partial charge in [0.15, 0.2) is 0 Å². The highest BCUT2D eigenvalue weighted by molar-refractivity contribution is 5.98. The molecule has 5 N–H and O–H groups in total. The van der Waals surface area contributed by atoms with Gasteiger partial charge in [0.2, 0.25) is 0 Å². The lowest BCUT2D eigenvalue weighted by atomic mass is 9.90. The Morgan fingerprint density at radius 2 is 1.71 bits per heavy atom. The van der Waals surface area contributed by atoms with Crippen LogP contribution in [0.15, 0.2) is 66.9 Å². The quantitative estimate of drug-likeness (QED) is 0.368. The van der Waals surface area contributed by atoms with Crippen LogP contribution in [0.3, 0.4) is 0 Å². The number of carbonyl (C=O) groups is 2. The van der Waals surface area contributed by atoms with Crippen LogP contribution in [0.1, 0.15) is 34.3 Å². The second-order valence-corrected chi connectivity index (χ2v) is 8.31. The molecule has 1 amide bonds. The number of benzene rings is 2. The van der Waals surface area contributed by atoms with E-state index in [4.69, 9.17) is 5.73 Å². The summed E-state index contributed by atoms with van der Waals surface area (Å²) in [5.74, 6) is 0.537. The number of anilines is 3. The number of hydrogen-bond donors (Lipinski definition) is 4. The summed E-state index contributed by atoms with van der Waals surface area (Å²) in [6.45, 7) is 2.40. The molecule has 2 aromatic carbocycles. The lowest BCUT2D eigenvalue weighted by Crippen LogP contribution is -2.32. The zero-order chi connectivity index (χ0) is 23.0. The van der Waals surface area contributed by atoms with Crippen molar-refractivity contribution in [3.63, 3.8) is 0 Å². The number of nitrogens with two attached hydrogens (primary N) is 1. The maximum absolute atomic E-state index is 12.5. The first-order chi connectivity index (χ1) is 16.1. The molecule has 1 saturated heterocycles. The average molecular weight is 480 g/mol. The summed E-state index contributed by atoms with van der Waals surface area (Å²) in [4.78, 5) is 28.7. The molecule has 1 aliphatic rings. The topological polar surface area (TPSA) is 109 Å². The summed E-state index contributed by atoms with van der Waals surface area (Å²) < 4.78 is 0. The van der Waals surface area contributed by atoms with E-state index in [0.29, 0.717) is 35.8 Å². The number of rotatable bonds is 9. The SMILES string of the molecule is Cl.NC(=O)c1cnc(Nc2ccc(CC(=O)C3CCNCC3)cc2)cc1NCc1ccccc1. The Bertz CT molecular complexity index is 1100. The number of ketones is 1. The van der Waals surface area contributed by atoms with Gasteiger partial charge in [-0.25, -0.2) is 4.98 Å². The number of pyridine rings is 1. The summed E-state index contributed by atoms with van der Waals surface area (Å²) >= 11 is 0. The van der Waals surface area contributed by atoms with E-state index in [-0.39, 0.29) is 18.3 Å². The molecule has 0 aliphatic carbocycles. The van der Waals surface area contributed by atoms with E-state index < -0.39 is 5.91 Å². The fourth-order valence-corrected chi connectivity index (χ4v) is 4.00. The monoisotopic (exact) mass is 479 g/mol. The van der Waals surface area contributed by atoms with Crippen LogP contribution in [-0.4, -0.2) is 29.8 Å². The fraction of sp³-hybridized carbons (Fsp3) is 0.269. The van der Waals surface area contributed by atoms with E-state index in [0.717, 1.165) is 42.7 Å². The number of primary amides is 1. The third-order valence-corrected chi connectivity index (χ3v) is 5.89. The maximum atomic E-state index is 12.5. The Morgan fingerprint density at radius 1 is 1.00 bits per heavy atom. The number of Topliss-reactive ketones (excluding diaryl/α,β-unsaturated/α-hetero) is 1. The van der Waals surface area contributed by atoms with Gasteiger partial charge in [0.1, 0.15) is 11.6 Å². The summed E-state index contributed by atoms with van der Waals surface area (Å²) in [5, 5.41) is 9.83. The highest BCUT2D eigenvalue weighted by Gasteiger charge is 2.20. The largest absolute Gasteiger partial charge is 0.380 e. The normalized spacial score (nSPS) is 13.5. The summed E-state index contributed by atoms with van der Waals surface area (Å²) in [7, 11) is 0. The summed E-state index contributed by atoms with van der Waals surface area (Å²) in [6.07, 6.45) is 3.78. The number of piperidine rings is 1. The third kappa shape index (κ3) is 6.79. The molecule has 0 saturated carbocycles. The van der Waals surface area contributed by atoms with Crippen LogP contribution in [0.5, 0.6) is 0 Å². The lowest BCUT2D eigenvalue weighted by Gasteiger charge is -2.21. The van der Waals surface area contributed by atoms with Gasteiger partial charge in [0.25, 0.3) is 5.91 Å². The average Bonchev–Trinajstić information content (AvgIpc) is 2.85. The number of halogens is 1. The molecule has 1 fully saturated rings. The molecule has 34 heavy (non-hydrogen) atoms. The number of aromatic nitrogens is 1. The van der Waals surface area contributed by atoms with Gasteiger partial charge in [-0.3, -0.25) is 9.59 Å². The van der Waals surface area contributed by atoms with Gasteiger partial charge < -0.3 is 21.7 Å². The predicted molar refractivity (Wildman–Crippen MR) is 138 cm³/mol. The summed E-state index contributed by atoms with van der Waals surface area (Å²) in [6, 6.07) is 19.5. The minimum atomic E-state index is -0.535. The number of amides is 1. The van der Waals surface area contributed by atoms with Crippen LogP contribution >= 0.6 is 12.4 Å². The van der Waals surface area contributed by atoms with Crippen LogP contribution < -0.4 is 21.7 Å². The van der Waals surface area contributed by atoms with Crippen LogP contribution in [0.2, 0.25) is 0 Å². The highest BCUT2D eigenvalue weighted by Crippen LogP contribution is 2.23. The standard InChI is InChI=1S/C26H29N5O2.ClH/c27-26(33)22-17-30-25(15-23(22)29-16-19-4-2-1-3-5-19)31-21-8-6-18(7-9-21)14-24(32)20-10-12-28-13-11-20;/h1-9,15,17,20,28H,10-14,16H2,(H2,27,33)(H2,29,30,31);1H. The number of carbonyl (C=O) groups excluding carboxylic acids is 2. The molecule has 178 valence electrons. The second-order valence-electron chi connectivity index (χ2n) is 8.31. The van der Waals surface area contributed by atoms with E-state index in [2.05, 4.69) is 20.9 Å². The Hall–Kier alpha value is -3.42. The molecule has 0 bridgehead atoms. The number of nitrogens with one attached hydrogen (secondary N) is 3. The smallest absolute Gasteiger partial charge is 0.252 e. The van der Waals surface area contributed by atoms with Gasteiger partial charge in [-0.2, -0.15) is 0 Å². The molecule has 7 nitrogen and oxygen atoms in total. The molecule has 0 spiro atoms. The molecule has 3 aromatic rings. The van der Waals surface area contributed by atoms with Crippen molar-refractivity contribution in [1.29, 1.82) is 0 Å². The Morgan fingerprint density at radius 3 is 2.38 bits per heavy atom. The van der Waals surface area contributed by atoms with E-state index in [1.54, 1.807) is 6.07 Å². The van der Waals surface area contributed by atoms with Gasteiger partial charge in [-0.1, -0.05) is 42.5 Å². The number of nitrogens with zero attached hydrogens (tertiary/aromatic N) is 1. The van der Waals surface area contributed by atoms with Gasteiger partial charge in [0.05, 0.1) is 11.3 Å². The van der Waals surface area contributed by atoms with Crippen molar-refractivity contribution >= 4 is 41.3 Å². The van der Waals surface area contributed by atoms with Gasteiger partial charge >= 0.3 is 0 Å². The Kier molecular flexibility index (Phi) is 9.01.